The van der Waals surface area contributed by atoms with Crippen LogP contribution in [0.4, 0.5) is 10.1 Å². The van der Waals surface area contributed by atoms with E-state index in [2.05, 4.69) is 4.72 Å². The van der Waals surface area contributed by atoms with E-state index in [1.165, 1.54) is 18.2 Å². The maximum atomic E-state index is 12.9. The lowest BCUT2D eigenvalue weighted by molar-refractivity contribution is 0.608. The van der Waals surface area contributed by atoms with Gasteiger partial charge < -0.3 is 0 Å². The van der Waals surface area contributed by atoms with Gasteiger partial charge in [0.1, 0.15) is 11.9 Å². The van der Waals surface area contributed by atoms with Gasteiger partial charge in [0.25, 0.3) is 10.0 Å². The number of hydrogen-bond acceptors (Lipinski definition) is 3. The Morgan fingerprint density at radius 1 is 0.889 bits per heavy atom. The van der Waals surface area contributed by atoms with Crippen molar-refractivity contribution in [2.24, 2.45) is 0 Å². The standard InChI is InChI=1S/C21H15FN2O2S/c22-19-10-12-20(13-11-19)24-27(25,26)21(15-23)14-16-6-8-18(9-7-16)17-4-2-1-3-5-17/h1-14,24H/b21-14+. The van der Waals surface area contributed by atoms with Crippen molar-refractivity contribution in [1.29, 1.82) is 5.26 Å². The summed E-state index contributed by atoms with van der Waals surface area (Å²) in [4.78, 5) is -0.431. The molecule has 0 spiro atoms. The molecule has 6 heteroatoms. The summed E-state index contributed by atoms with van der Waals surface area (Å²) in [7, 11) is -4.07. The van der Waals surface area contributed by atoms with Gasteiger partial charge in [-0.2, -0.15) is 5.26 Å². The average molecular weight is 378 g/mol. The first-order valence-corrected chi connectivity index (χ1v) is 9.52. The molecule has 134 valence electrons. The Labute approximate surface area is 157 Å². The van der Waals surface area contributed by atoms with Crippen molar-refractivity contribution in [3.05, 3.63) is 95.1 Å². The minimum atomic E-state index is -4.07. The third kappa shape index (κ3) is 4.60. The number of allylic oxidation sites excluding steroid dienone is 1. The summed E-state index contributed by atoms with van der Waals surface area (Å²) in [6.45, 7) is 0. The molecule has 1 N–H and O–H groups in total. The molecule has 0 amide bonds. The van der Waals surface area contributed by atoms with E-state index in [4.69, 9.17) is 0 Å². The number of nitrogens with zero attached hydrogens (tertiary/aromatic N) is 1. The first-order chi connectivity index (χ1) is 13.0. The topological polar surface area (TPSA) is 70.0 Å². The molecule has 4 nitrogen and oxygen atoms in total. The Hall–Kier alpha value is -3.43. The lowest BCUT2D eigenvalue weighted by atomic mass is 10.0. The van der Waals surface area contributed by atoms with Crippen molar-refractivity contribution in [2.45, 2.75) is 0 Å². The van der Waals surface area contributed by atoms with Crippen LogP contribution in [0, 0.1) is 17.1 Å². The largest absolute Gasteiger partial charge is 0.279 e. The number of rotatable bonds is 5. The molecule has 3 aromatic carbocycles. The summed E-state index contributed by atoms with van der Waals surface area (Å²) in [5.74, 6) is -0.479. The number of halogens is 1. The van der Waals surface area contributed by atoms with Crippen LogP contribution in [0.1, 0.15) is 5.56 Å². The van der Waals surface area contributed by atoms with Crippen LogP contribution in [-0.2, 0) is 10.0 Å². The second kappa shape index (κ2) is 7.85. The van der Waals surface area contributed by atoms with E-state index in [9.17, 15) is 18.1 Å². The Morgan fingerprint density at radius 2 is 1.48 bits per heavy atom. The highest BCUT2D eigenvalue weighted by atomic mass is 32.2. The van der Waals surface area contributed by atoms with E-state index >= 15 is 0 Å². The fraction of sp³-hybridized carbons (Fsp3) is 0. The van der Waals surface area contributed by atoms with Crippen LogP contribution in [0.5, 0.6) is 0 Å². The number of anilines is 1. The normalized spacial score (nSPS) is 11.6. The molecule has 0 aromatic heterocycles. The fourth-order valence-electron chi connectivity index (χ4n) is 2.45. The Balaban J connectivity index is 1.85. The van der Waals surface area contributed by atoms with Crippen LogP contribution in [0.2, 0.25) is 0 Å². The predicted octanol–water partition coefficient (Wildman–Crippen LogP) is 4.80. The van der Waals surface area contributed by atoms with Gasteiger partial charge in [-0.25, -0.2) is 12.8 Å². The van der Waals surface area contributed by atoms with Gasteiger partial charge in [0.05, 0.1) is 0 Å². The molecule has 3 aromatic rings. The van der Waals surface area contributed by atoms with Crippen molar-refractivity contribution >= 4 is 21.8 Å². The molecular weight excluding hydrogens is 363 g/mol. The molecule has 0 radical (unpaired) electrons. The summed E-state index contributed by atoms with van der Waals surface area (Å²) in [6.07, 6.45) is 1.29. The molecule has 0 aliphatic carbocycles. The van der Waals surface area contributed by atoms with Crippen molar-refractivity contribution < 1.29 is 12.8 Å². The van der Waals surface area contributed by atoms with E-state index in [1.54, 1.807) is 18.2 Å². The van der Waals surface area contributed by atoms with Gasteiger partial charge in [0.15, 0.2) is 4.91 Å². The van der Waals surface area contributed by atoms with Gasteiger partial charge in [-0.3, -0.25) is 4.72 Å². The van der Waals surface area contributed by atoms with Crippen LogP contribution < -0.4 is 4.72 Å². The van der Waals surface area contributed by atoms with Crippen LogP contribution in [0.15, 0.2) is 83.8 Å². The lowest BCUT2D eigenvalue weighted by Crippen LogP contribution is -2.14. The highest BCUT2D eigenvalue weighted by molar-refractivity contribution is 7.96. The van der Waals surface area contributed by atoms with Gasteiger partial charge in [-0.15, -0.1) is 0 Å². The molecule has 0 heterocycles. The molecule has 27 heavy (non-hydrogen) atoms. The highest BCUT2D eigenvalue weighted by Crippen LogP contribution is 2.21. The number of nitrogens with one attached hydrogen (secondary N) is 1. The summed E-state index contributed by atoms with van der Waals surface area (Å²) in [5, 5.41) is 9.28. The molecule has 0 atom stereocenters. The average Bonchev–Trinajstić information content (AvgIpc) is 2.69. The predicted molar refractivity (Wildman–Crippen MR) is 104 cm³/mol. The van der Waals surface area contributed by atoms with Gasteiger partial charge in [-0.05, 0) is 47.0 Å². The number of sulfonamides is 1. The minimum Gasteiger partial charge on any atom is -0.279 e. The van der Waals surface area contributed by atoms with E-state index < -0.39 is 20.7 Å². The molecule has 0 saturated heterocycles. The first kappa shape index (κ1) is 18.4. The van der Waals surface area contributed by atoms with E-state index in [-0.39, 0.29) is 5.69 Å². The summed E-state index contributed by atoms with van der Waals surface area (Å²) < 4.78 is 40.0. The summed E-state index contributed by atoms with van der Waals surface area (Å²) >= 11 is 0. The summed E-state index contributed by atoms with van der Waals surface area (Å²) in [5.41, 5.74) is 2.78. The van der Waals surface area contributed by atoms with E-state index in [1.807, 2.05) is 42.5 Å². The molecule has 0 unspecified atom stereocenters. The Bertz CT molecular complexity index is 1100. The van der Waals surface area contributed by atoms with Crippen LogP contribution >= 0.6 is 0 Å². The first-order valence-electron chi connectivity index (χ1n) is 8.03. The molecule has 0 bridgehead atoms. The zero-order chi connectivity index (χ0) is 19.3. The van der Waals surface area contributed by atoms with E-state index in [0.29, 0.717) is 5.56 Å². The molecule has 3 rings (SSSR count). The Morgan fingerprint density at radius 3 is 2.07 bits per heavy atom. The number of benzene rings is 3. The van der Waals surface area contributed by atoms with Crippen molar-refractivity contribution in [1.82, 2.24) is 0 Å². The van der Waals surface area contributed by atoms with Crippen LogP contribution in [-0.4, -0.2) is 8.42 Å². The van der Waals surface area contributed by atoms with E-state index in [0.717, 1.165) is 23.3 Å². The maximum absolute atomic E-state index is 12.9. The summed E-state index contributed by atoms with van der Waals surface area (Å²) in [6, 6.07) is 23.5. The van der Waals surface area contributed by atoms with Crippen LogP contribution in [0.3, 0.4) is 0 Å². The Kier molecular flexibility index (Phi) is 5.34. The second-order valence-electron chi connectivity index (χ2n) is 5.72. The SMILES string of the molecule is N#C/C(=C\c1ccc(-c2ccccc2)cc1)S(=O)(=O)Nc1ccc(F)cc1. The zero-order valence-corrected chi connectivity index (χ0v) is 14.9. The third-order valence-corrected chi connectivity index (χ3v) is 5.10. The van der Waals surface area contributed by atoms with Crippen molar-refractivity contribution in [2.75, 3.05) is 4.72 Å². The van der Waals surface area contributed by atoms with Gasteiger partial charge in [-0.1, -0.05) is 54.6 Å². The van der Waals surface area contributed by atoms with Gasteiger partial charge in [0.2, 0.25) is 0 Å². The second-order valence-corrected chi connectivity index (χ2v) is 7.37. The third-order valence-electron chi connectivity index (χ3n) is 3.81. The minimum absolute atomic E-state index is 0.178. The van der Waals surface area contributed by atoms with Crippen LogP contribution in [0.25, 0.3) is 17.2 Å². The quantitative estimate of drug-likeness (QED) is 0.649. The smallest absolute Gasteiger partial charge is 0.272 e. The maximum Gasteiger partial charge on any atom is 0.272 e. The molecule has 0 fully saturated rings. The van der Waals surface area contributed by atoms with Gasteiger partial charge >= 0.3 is 0 Å². The molecule has 0 aliphatic heterocycles. The molecule has 0 saturated carbocycles. The molecular formula is C21H15FN2O2S. The number of hydrogen-bond donors (Lipinski definition) is 1. The highest BCUT2D eigenvalue weighted by Gasteiger charge is 2.17. The number of nitriles is 1. The van der Waals surface area contributed by atoms with Gasteiger partial charge in [0, 0.05) is 5.69 Å². The molecule has 0 aliphatic rings. The zero-order valence-electron chi connectivity index (χ0n) is 14.1. The fourth-order valence-corrected chi connectivity index (χ4v) is 3.42. The van der Waals surface area contributed by atoms with Crippen molar-refractivity contribution in [3.8, 4) is 17.2 Å². The monoisotopic (exact) mass is 378 g/mol. The van der Waals surface area contributed by atoms with Crippen molar-refractivity contribution in [3.63, 3.8) is 0 Å². The lowest BCUT2D eigenvalue weighted by Gasteiger charge is -2.07.